The minimum Gasteiger partial charge on any atom is -0.455 e. The molecule has 47 heavy (non-hydrogen) atoms. The molecule has 0 saturated carbocycles. The first-order valence-corrected chi connectivity index (χ1v) is 15.7. The smallest absolute Gasteiger partial charge is 0.164 e. The molecular weight excluding hydrogens is 574 g/mol. The van der Waals surface area contributed by atoms with Crippen LogP contribution in [-0.2, 0) is 0 Å². The minimum absolute atomic E-state index is 0.610. The van der Waals surface area contributed by atoms with Crippen LogP contribution in [0, 0.1) is 0 Å². The van der Waals surface area contributed by atoms with Crippen molar-refractivity contribution >= 4 is 32.7 Å². The van der Waals surface area contributed by atoms with Crippen LogP contribution < -0.4 is 0 Å². The predicted molar refractivity (Wildman–Crippen MR) is 192 cm³/mol. The number of nitrogens with zero attached hydrogens (tertiary/aromatic N) is 3. The van der Waals surface area contributed by atoms with E-state index in [0.29, 0.717) is 17.5 Å². The van der Waals surface area contributed by atoms with Gasteiger partial charge < -0.3 is 4.42 Å². The SMILES string of the molecule is c1ccc(-c2nc(-c3ccccc3-c3ccccc3)nc(-c3cc4c5ccccc5oc4c4c(-c5ccccc5)cccc34)n2)cc1. The van der Waals surface area contributed by atoms with Crippen LogP contribution in [-0.4, -0.2) is 15.0 Å². The van der Waals surface area contributed by atoms with Gasteiger partial charge in [0.2, 0.25) is 0 Å². The Labute approximate surface area is 271 Å². The Morgan fingerprint density at radius 1 is 0.340 bits per heavy atom. The van der Waals surface area contributed by atoms with Crippen LogP contribution in [0.15, 0.2) is 168 Å². The molecule has 0 amide bonds. The maximum Gasteiger partial charge on any atom is 0.164 e. The van der Waals surface area contributed by atoms with Crippen molar-refractivity contribution in [3.63, 3.8) is 0 Å². The molecule has 4 nitrogen and oxygen atoms in total. The van der Waals surface area contributed by atoms with Crippen molar-refractivity contribution in [3.05, 3.63) is 164 Å². The molecule has 9 aromatic rings. The molecule has 4 heteroatoms. The Morgan fingerprint density at radius 3 is 1.57 bits per heavy atom. The summed E-state index contributed by atoms with van der Waals surface area (Å²) in [6, 6.07) is 56.1. The highest BCUT2D eigenvalue weighted by Gasteiger charge is 2.21. The topological polar surface area (TPSA) is 51.8 Å². The van der Waals surface area contributed by atoms with Crippen molar-refractivity contribution in [1.29, 1.82) is 0 Å². The van der Waals surface area contributed by atoms with Gasteiger partial charge in [0.15, 0.2) is 17.5 Å². The highest BCUT2D eigenvalue weighted by molar-refractivity contribution is 6.22. The molecule has 9 rings (SSSR count). The molecule has 220 valence electrons. The number of hydrogen-bond acceptors (Lipinski definition) is 4. The second-order valence-corrected chi connectivity index (χ2v) is 11.6. The van der Waals surface area contributed by atoms with Crippen molar-refractivity contribution in [2.24, 2.45) is 0 Å². The van der Waals surface area contributed by atoms with E-state index in [0.717, 1.165) is 71.7 Å². The fourth-order valence-corrected chi connectivity index (χ4v) is 6.56. The van der Waals surface area contributed by atoms with Gasteiger partial charge in [0.25, 0.3) is 0 Å². The summed E-state index contributed by atoms with van der Waals surface area (Å²) in [5, 5.41) is 4.14. The summed E-state index contributed by atoms with van der Waals surface area (Å²) in [5.41, 5.74) is 8.90. The van der Waals surface area contributed by atoms with Crippen LogP contribution in [0.4, 0.5) is 0 Å². The van der Waals surface area contributed by atoms with Gasteiger partial charge in [-0.05, 0) is 39.8 Å². The largest absolute Gasteiger partial charge is 0.455 e. The number of hydrogen-bond donors (Lipinski definition) is 0. The van der Waals surface area contributed by atoms with Crippen molar-refractivity contribution in [3.8, 4) is 56.4 Å². The standard InChI is InChI=1S/C43H27N3O/c1-4-15-28(16-5-1)31-21-10-11-23-35(31)42-44-41(30-19-8-3-9-20-30)45-43(46-42)37-27-36-33-22-12-13-26-38(33)47-40(36)39-32(24-14-25-34(37)39)29-17-6-2-7-18-29/h1-27H. The normalized spacial score (nSPS) is 11.4. The summed E-state index contributed by atoms with van der Waals surface area (Å²) in [7, 11) is 0. The van der Waals surface area contributed by atoms with Crippen LogP contribution in [0.3, 0.4) is 0 Å². The lowest BCUT2D eigenvalue weighted by atomic mass is 9.93. The number of benzene rings is 7. The molecule has 0 aliphatic rings. The second-order valence-electron chi connectivity index (χ2n) is 11.6. The first-order valence-electron chi connectivity index (χ1n) is 15.7. The van der Waals surface area contributed by atoms with Gasteiger partial charge >= 0.3 is 0 Å². The molecular formula is C43H27N3O. The third-order valence-corrected chi connectivity index (χ3v) is 8.75. The fourth-order valence-electron chi connectivity index (χ4n) is 6.56. The third-order valence-electron chi connectivity index (χ3n) is 8.75. The number of aromatic nitrogens is 3. The van der Waals surface area contributed by atoms with Gasteiger partial charge in [-0.1, -0.05) is 152 Å². The van der Waals surface area contributed by atoms with E-state index in [9.17, 15) is 0 Å². The first-order chi connectivity index (χ1) is 23.3. The number of fused-ring (bicyclic) bond motifs is 5. The van der Waals surface area contributed by atoms with E-state index in [4.69, 9.17) is 19.4 Å². The molecule has 2 heterocycles. The lowest BCUT2D eigenvalue weighted by Crippen LogP contribution is -2.01. The van der Waals surface area contributed by atoms with Gasteiger partial charge in [0, 0.05) is 32.8 Å². The van der Waals surface area contributed by atoms with Crippen molar-refractivity contribution in [2.45, 2.75) is 0 Å². The quantitative estimate of drug-likeness (QED) is 0.197. The average molecular weight is 602 g/mol. The average Bonchev–Trinajstić information content (AvgIpc) is 3.54. The van der Waals surface area contributed by atoms with Crippen LogP contribution in [0.25, 0.3) is 89.1 Å². The number of furan rings is 1. The zero-order valence-electron chi connectivity index (χ0n) is 25.3. The van der Waals surface area contributed by atoms with Crippen LogP contribution in [0.2, 0.25) is 0 Å². The Kier molecular flexibility index (Phi) is 6.43. The van der Waals surface area contributed by atoms with E-state index in [1.165, 1.54) is 0 Å². The molecule has 0 radical (unpaired) electrons. The number of para-hydroxylation sites is 1. The van der Waals surface area contributed by atoms with E-state index >= 15 is 0 Å². The summed E-state index contributed by atoms with van der Waals surface area (Å²) < 4.78 is 6.62. The second kappa shape index (κ2) is 11.2. The van der Waals surface area contributed by atoms with E-state index in [-0.39, 0.29) is 0 Å². The zero-order chi connectivity index (χ0) is 31.2. The molecule has 0 bridgehead atoms. The molecule has 2 aromatic heterocycles. The first kappa shape index (κ1) is 27.0. The Morgan fingerprint density at radius 2 is 0.851 bits per heavy atom. The van der Waals surface area contributed by atoms with E-state index in [2.05, 4.69) is 103 Å². The Hall–Kier alpha value is -6.39. The molecule has 0 aliphatic carbocycles. The molecule has 0 N–H and O–H groups in total. The van der Waals surface area contributed by atoms with Gasteiger partial charge in [-0.25, -0.2) is 15.0 Å². The molecule has 0 unspecified atom stereocenters. The summed E-state index contributed by atoms with van der Waals surface area (Å²) in [4.78, 5) is 15.5. The Bertz CT molecular complexity index is 2560. The third kappa shape index (κ3) is 4.66. The Balaban J connectivity index is 1.38. The van der Waals surface area contributed by atoms with Gasteiger partial charge in [0.05, 0.1) is 0 Å². The maximum atomic E-state index is 6.62. The molecule has 0 spiro atoms. The van der Waals surface area contributed by atoms with Crippen LogP contribution in [0.5, 0.6) is 0 Å². The predicted octanol–water partition coefficient (Wildman–Crippen LogP) is 11.3. The molecule has 7 aromatic carbocycles. The van der Waals surface area contributed by atoms with Crippen molar-refractivity contribution in [1.82, 2.24) is 15.0 Å². The monoisotopic (exact) mass is 601 g/mol. The van der Waals surface area contributed by atoms with Crippen LogP contribution in [0.1, 0.15) is 0 Å². The fraction of sp³-hybridized carbons (Fsp3) is 0. The molecule has 0 fully saturated rings. The van der Waals surface area contributed by atoms with Crippen LogP contribution >= 0.6 is 0 Å². The highest BCUT2D eigenvalue weighted by atomic mass is 16.3. The highest BCUT2D eigenvalue weighted by Crippen LogP contribution is 2.43. The van der Waals surface area contributed by atoms with E-state index in [1.54, 1.807) is 0 Å². The lowest BCUT2D eigenvalue weighted by molar-refractivity contribution is 0.673. The summed E-state index contributed by atoms with van der Waals surface area (Å²) >= 11 is 0. The number of rotatable bonds is 5. The lowest BCUT2D eigenvalue weighted by Gasteiger charge is -2.14. The summed E-state index contributed by atoms with van der Waals surface area (Å²) in [6.07, 6.45) is 0. The summed E-state index contributed by atoms with van der Waals surface area (Å²) in [6.45, 7) is 0. The minimum atomic E-state index is 0.610. The van der Waals surface area contributed by atoms with Gasteiger partial charge in [-0.15, -0.1) is 0 Å². The van der Waals surface area contributed by atoms with E-state index in [1.807, 2.05) is 60.7 Å². The van der Waals surface area contributed by atoms with Gasteiger partial charge in [0.1, 0.15) is 11.2 Å². The molecule has 0 aliphatic heterocycles. The van der Waals surface area contributed by atoms with Gasteiger partial charge in [-0.3, -0.25) is 0 Å². The molecule has 0 atom stereocenters. The van der Waals surface area contributed by atoms with Gasteiger partial charge in [-0.2, -0.15) is 0 Å². The van der Waals surface area contributed by atoms with Crippen molar-refractivity contribution < 1.29 is 4.42 Å². The zero-order valence-corrected chi connectivity index (χ0v) is 25.3. The maximum absolute atomic E-state index is 6.62. The summed E-state index contributed by atoms with van der Waals surface area (Å²) in [5.74, 6) is 1.86. The van der Waals surface area contributed by atoms with Crippen molar-refractivity contribution in [2.75, 3.05) is 0 Å². The molecule has 0 saturated heterocycles. The van der Waals surface area contributed by atoms with E-state index < -0.39 is 0 Å².